The zero-order valence-corrected chi connectivity index (χ0v) is 20.3. The Bertz CT molecular complexity index is 527. The predicted octanol–water partition coefficient (Wildman–Crippen LogP) is 6.75. The van der Waals surface area contributed by atoms with Gasteiger partial charge in [0.15, 0.2) is 0 Å². The van der Waals surface area contributed by atoms with E-state index >= 15 is 0 Å². The van der Waals surface area contributed by atoms with E-state index in [1.807, 2.05) is 0 Å². The molecule has 1 saturated carbocycles. The summed E-state index contributed by atoms with van der Waals surface area (Å²) in [7, 11) is 0. The van der Waals surface area contributed by atoms with E-state index in [0.717, 1.165) is 44.9 Å². The van der Waals surface area contributed by atoms with E-state index in [-0.39, 0.29) is 23.9 Å². The van der Waals surface area contributed by atoms with Gasteiger partial charge in [-0.1, -0.05) is 89.5 Å². The molecule has 1 fully saturated rings. The predicted molar refractivity (Wildman–Crippen MR) is 132 cm³/mol. The van der Waals surface area contributed by atoms with E-state index in [1.165, 1.54) is 51.4 Å². The van der Waals surface area contributed by atoms with Gasteiger partial charge in [-0.15, -0.1) is 0 Å². The standard InChI is InChI=1S/C27H48N2O2/c1-3-5-7-9-10-11-12-13-14-15-16-17-18-20-22-27(31)29-25-23-24(25)28-26(30)21-19-8-6-4-2/h9-10,12-13,24-25H,3-8,11,14-23H2,1-2H3,(H,28,30)(H,29,31). The molecule has 4 heteroatoms. The maximum Gasteiger partial charge on any atom is 0.220 e. The summed E-state index contributed by atoms with van der Waals surface area (Å²) in [5.74, 6) is 0.274. The van der Waals surface area contributed by atoms with Gasteiger partial charge in [-0.2, -0.15) is 0 Å². The number of nitrogens with one attached hydrogen (secondary N) is 2. The first-order valence-corrected chi connectivity index (χ1v) is 13.1. The van der Waals surface area contributed by atoms with Gasteiger partial charge in [0.05, 0.1) is 12.1 Å². The summed E-state index contributed by atoms with van der Waals surface area (Å²) in [6.07, 6.45) is 27.5. The monoisotopic (exact) mass is 432 g/mol. The molecule has 0 saturated heterocycles. The van der Waals surface area contributed by atoms with Gasteiger partial charge in [0.1, 0.15) is 0 Å². The van der Waals surface area contributed by atoms with Crippen LogP contribution in [0.1, 0.15) is 123 Å². The van der Waals surface area contributed by atoms with Gasteiger partial charge in [-0.3, -0.25) is 9.59 Å². The highest BCUT2D eigenvalue weighted by Gasteiger charge is 2.39. The second-order valence-corrected chi connectivity index (χ2v) is 9.02. The van der Waals surface area contributed by atoms with Crippen LogP contribution in [0.3, 0.4) is 0 Å². The quantitative estimate of drug-likeness (QED) is 0.165. The minimum Gasteiger partial charge on any atom is -0.351 e. The molecule has 0 aromatic heterocycles. The molecular weight excluding hydrogens is 384 g/mol. The summed E-state index contributed by atoms with van der Waals surface area (Å²) >= 11 is 0. The highest BCUT2D eigenvalue weighted by Crippen LogP contribution is 2.22. The van der Waals surface area contributed by atoms with Crippen molar-refractivity contribution in [3.05, 3.63) is 24.3 Å². The van der Waals surface area contributed by atoms with E-state index < -0.39 is 0 Å². The molecule has 2 unspecified atom stereocenters. The fourth-order valence-electron chi connectivity index (χ4n) is 3.69. The average molecular weight is 433 g/mol. The van der Waals surface area contributed by atoms with Crippen LogP contribution >= 0.6 is 0 Å². The summed E-state index contributed by atoms with van der Waals surface area (Å²) in [6.45, 7) is 4.40. The van der Waals surface area contributed by atoms with Gasteiger partial charge in [0, 0.05) is 12.8 Å². The van der Waals surface area contributed by atoms with E-state index in [2.05, 4.69) is 48.8 Å². The molecule has 2 N–H and O–H groups in total. The molecule has 178 valence electrons. The molecular formula is C27H48N2O2. The Labute approximate surface area is 191 Å². The molecule has 0 radical (unpaired) electrons. The first-order valence-electron chi connectivity index (χ1n) is 13.1. The second kappa shape index (κ2) is 19.1. The zero-order valence-electron chi connectivity index (χ0n) is 20.3. The lowest BCUT2D eigenvalue weighted by atomic mass is 10.1. The average Bonchev–Trinajstić information content (AvgIpc) is 3.48. The van der Waals surface area contributed by atoms with Crippen LogP contribution in [0.4, 0.5) is 0 Å². The van der Waals surface area contributed by atoms with Crippen LogP contribution in [0.5, 0.6) is 0 Å². The van der Waals surface area contributed by atoms with Crippen molar-refractivity contribution in [2.75, 3.05) is 0 Å². The Morgan fingerprint density at radius 2 is 1.13 bits per heavy atom. The van der Waals surface area contributed by atoms with E-state index in [4.69, 9.17) is 0 Å². The van der Waals surface area contributed by atoms with Crippen LogP contribution < -0.4 is 10.6 Å². The van der Waals surface area contributed by atoms with Crippen LogP contribution in [0, 0.1) is 0 Å². The lowest BCUT2D eigenvalue weighted by molar-refractivity contribution is -0.123. The van der Waals surface area contributed by atoms with Crippen molar-refractivity contribution in [1.29, 1.82) is 0 Å². The third-order valence-corrected chi connectivity index (χ3v) is 5.85. The van der Waals surface area contributed by atoms with Crippen molar-refractivity contribution in [2.45, 2.75) is 135 Å². The highest BCUT2D eigenvalue weighted by molar-refractivity contribution is 5.78. The Hall–Kier alpha value is -1.58. The third kappa shape index (κ3) is 16.7. The van der Waals surface area contributed by atoms with Crippen molar-refractivity contribution in [1.82, 2.24) is 10.6 Å². The molecule has 31 heavy (non-hydrogen) atoms. The Kier molecular flexibility index (Phi) is 16.9. The van der Waals surface area contributed by atoms with Crippen molar-refractivity contribution < 1.29 is 9.59 Å². The lowest BCUT2D eigenvalue weighted by Gasteiger charge is -2.07. The van der Waals surface area contributed by atoms with Crippen LogP contribution in [0.25, 0.3) is 0 Å². The van der Waals surface area contributed by atoms with Crippen molar-refractivity contribution in [2.24, 2.45) is 0 Å². The third-order valence-electron chi connectivity index (χ3n) is 5.85. The number of rotatable bonds is 20. The van der Waals surface area contributed by atoms with Gasteiger partial charge in [0.25, 0.3) is 0 Å². The van der Waals surface area contributed by atoms with Crippen LogP contribution in [0.2, 0.25) is 0 Å². The molecule has 0 aromatic carbocycles. The number of hydrogen-bond donors (Lipinski definition) is 2. The second-order valence-electron chi connectivity index (χ2n) is 9.02. The molecule has 2 amide bonds. The Morgan fingerprint density at radius 1 is 0.645 bits per heavy atom. The molecule has 0 bridgehead atoms. The first-order chi connectivity index (χ1) is 15.2. The Morgan fingerprint density at radius 3 is 1.71 bits per heavy atom. The highest BCUT2D eigenvalue weighted by atomic mass is 16.2. The minimum absolute atomic E-state index is 0.135. The largest absolute Gasteiger partial charge is 0.351 e. The topological polar surface area (TPSA) is 58.2 Å². The van der Waals surface area contributed by atoms with Gasteiger partial charge in [-0.05, 0) is 44.9 Å². The number of allylic oxidation sites excluding steroid dienone is 4. The first kappa shape index (κ1) is 27.5. The van der Waals surface area contributed by atoms with Gasteiger partial charge >= 0.3 is 0 Å². The number of unbranched alkanes of at least 4 members (excludes halogenated alkanes) is 10. The maximum atomic E-state index is 12.0. The molecule has 1 aliphatic carbocycles. The van der Waals surface area contributed by atoms with Crippen molar-refractivity contribution in [3.8, 4) is 0 Å². The van der Waals surface area contributed by atoms with Crippen LogP contribution in [-0.4, -0.2) is 23.9 Å². The molecule has 4 nitrogen and oxygen atoms in total. The van der Waals surface area contributed by atoms with Gasteiger partial charge in [0.2, 0.25) is 11.8 Å². The summed E-state index contributed by atoms with van der Waals surface area (Å²) in [6, 6.07) is 0.308. The minimum atomic E-state index is 0.135. The smallest absolute Gasteiger partial charge is 0.220 e. The molecule has 1 rings (SSSR count). The van der Waals surface area contributed by atoms with Gasteiger partial charge < -0.3 is 10.6 Å². The van der Waals surface area contributed by atoms with Crippen LogP contribution in [0.15, 0.2) is 24.3 Å². The van der Waals surface area contributed by atoms with Crippen molar-refractivity contribution >= 4 is 11.8 Å². The molecule has 1 aliphatic rings. The van der Waals surface area contributed by atoms with Gasteiger partial charge in [-0.25, -0.2) is 0 Å². The zero-order chi connectivity index (χ0) is 22.6. The number of amides is 2. The fraction of sp³-hybridized carbons (Fsp3) is 0.778. The molecule has 0 spiro atoms. The SMILES string of the molecule is CCCCC=CCC=CCCCCCCCC(=O)NC1CC1NC(=O)CCCCCC. The molecule has 0 heterocycles. The summed E-state index contributed by atoms with van der Waals surface area (Å²) < 4.78 is 0. The van der Waals surface area contributed by atoms with Crippen molar-refractivity contribution in [3.63, 3.8) is 0 Å². The number of carbonyl (C=O) groups is 2. The molecule has 0 aliphatic heterocycles. The van der Waals surface area contributed by atoms with E-state index in [9.17, 15) is 9.59 Å². The normalized spacial score (nSPS) is 18.0. The van der Waals surface area contributed by atoms with E-state index in [0.29, 0.717) is 12.8 Å². The maximum absolute atomic E-state index is 12.0. The number of carbonyl (C=O) groups excluding carboxylic acids is 2. The van der Waals surface area contributed by atoms with E-state index in [1.54, 1.807) is 0 Å². The van der Waals surface area contributed by atoms with Crippen LogP contribution in [-0.2, 0) is 9.59 Å². The number of hydrogen-bond acceptors (Lipinski definition) is 2. The summed E-state index contributed by atoms with van der Waals surface area (Å²) in [5.41, 5.74) is 0. The molecule has 2 atom stereocenters. The summed E-state index contributed by atoms with van der Waals surface area (Å²) in [5, 5.41) is 6.11. The fourth-order valence-corrected chi connectivity index (χ4v) is 3.69. The Balaban J connectivity index is 1.88. The lowest BCUT2D eigenvalue weighted by Crippen LogP contribution is -2.34. The summed E-state index contributed by atoms with van der Waals surface area (Å²) in [4.78, 5) is 23.9. The molecule has 0 aromatic rings.